The Kier molecular flexibility index (Phi) is 3.30. The van der Waals surface area contributed by atoms with Crippen LogP contribution in [0.5, 0.6) is 0 Å². The molecule has 4 rings (SSSR count). The number of aromatic amines is 1. The molecular weight excluding hydrogens is 296 g/mol. The lowest BCUT2D eigenvalue weighted by Gasteiger charge is -2.32. The van der Waals surface area contributed by atoms with Crippen LogP contribution in [0.25, 0.3) is 10.9 Å². The summed E-state index contributed by atoms with van der Waals surface area (Å²) in [7, 11) is 1.76. The normalized spacial score (nSPS) is 18.5. The first-order chi connectivity index (χ1) is 11.2. The summed E-state index contributed by atoms with van der Waals surface area (Å²) < 4.78 is 7.30. The molecule has 3 aromatic rings. The van der Waals surface area contributed by atoms with E-state index in [1.165, 1.54) is 0 Å². The quantitative estimate of drug-likeness (QED) is 0.759. The Hall–Kier alpha value is -2.74. The maximum atomic E-state index is 12.9. The van der Waals surface area contributed by atoms with Crippen molar-refractivity contribution in [1.29, 1.82) is 0 Å². The fourth-order valence-electron chi connectivity index (χ4n) is 2.93. The van der Waals surface area contributed by atoms with E-state index in [1.807, 2.05) is 30.5 Å². The molecule has 2 aromatic heterocycles. The summed E-state index contributed by atoms with van der Waals surface area (Å²) in [6.45, 7) is 1.45. The summed E-state index contributed by atoms with van der Waals surface area (Å²) in [5.74, 6) is 0.613. The summed E-state index contributed by atoms with van der Waals surface area (Å²) in [5.41, 5.74) is 1.53. The molecule has 1 N–H and O–H groups in total. The molecule has 23 heavy (non-hydrogen) atoms. The molecule has 1 atom stereocenters. The van der Waals surface area contributed by atoms with Gasteiger partial charge in [0.2, 0.25) is 0 Å². The fourth-order valence-corrected chi connectivity index (χ4v) is 2.93. The highest BCUT2D eigenvalue weighted by molar-refractivity contribution is 6.05. The molecule has 0 saturated carbocycles. The second-order valence-electron chi connectivity index (χ2n) is 5.52. The molecule has 1 aromatic carbocycles. The van der Waals surface area contributed by atoms with Crippen LogP contribution in [0.4, 0.5) is 0 Å². The zero-order chi connectivity index (χ0) is 15.8. The van der Waals surface area contributed by atoms with Crippen molar-refractivity contribution >= 4 is 16.8 Å². The van der Waals surface area contributed by atoms with Gasteiger partial charge in [-0.05, 0) is 22.6 Å². The lowest BCUT2D eigenvalue weighted by molar-refractivity contribution is -0.0283. The molecule has 1 aliphatic heterocycles. The van der Waals surface area contributed by atoms with E-state index < -0.39 is 0 Å². The van der Waals surface area contributed by atoms with E-state index in [2.05, 4.69) is 20.5 Å². The highest BCUT2D eigenvalue weighted by Crippen LogP contribution is 2.23. The van der Waals surface area contributed by atoms with E-state index in [-0.39, 0.29) is 12.0 Å². The first-order valence-electron chi connectivity index (χ1n) is 7.43. The van der Waals surface area contributed by atoms with Crippen molar-refractivity contribution in [3.63, 3.8) is 0 Å². The smallest absolute Gasteiger partial charge is 0.256 e. The SMILES string of the molecule is Cn1nnnc1C1CN(C(=O)c2cccc3cc[nH]c23)CCO1. The van der Waals surface area contributed by atoms with Crippen LogP contribution >= 0.6 is 0 Å². The number of ether oxygens (including phenoxy) is 1. The molecule has 1 amide bonds. The number of aryl methyl sites for hydroxylation is 1. The lowest BCUT2D eigenvalue weighted by Crippen LogP contribution is -2.43. The number of rotatable bonds is 2. The number of benzene rings is 1. The molecule has 118 valence electrons. The number of tetrazole rings is 1. The van der Waals surface area contributed by atoms with Gasteiger partial charge in [-0.1, -0.05) is 12.1 Å². The van der Waals surface area contributed by atoms with E-state index in [9.17, 15) is 4.79 Å². The van der Waals surface area contributed by atoms with Crippen LogP contribution in [0.15, 0.2) is 30.5 Å². The van der Waals surface area contributed by atoms with Crippen molar-refractivity contribution in [3.05, 3.63) is 41.9 Å². The van der Waals surface area contributed by atoms with E-state index >= 15 is 0 Å². The second kappa shape index (κ2) is 5.47. The molecule has 1 aliphatic rings. The Morgan fingerprint density at radius 1 is 1.39 bits per heavy atom. The first-order valence-corrected chi connectivity index (χ1v) is 7.43. The van der Waals surface area contributed by atoms with Crippen molar-refractivity contribution < 1.29 is 9.53 Å². The molecule has 8 nitrogen and oxygen atoms in total. The Labute approximate surface area is 132 Å². The lowest BCUT2D eigenvalue weighted by atomic mass is 10.1. The number of para-hydroxylation sites is 1. The molecule has 0 bridgehead atoms. The van der Waals surface area contributed by atoms with Crippen LogP contribution in [-0.2, 0) is 11.8 Å². The van der Waals surface area contributed by atoms with Crippen LogP contribution in [0.2, 0.25) is 0 Å². The second-order valence-corrected chi connectivity index (χ2v) is 5.52. The number of fused-ring (bicyclic) bond motifs is 1. The molecule has 0 radical (unpaired) electrons. The van der Waals surface area contributed by atoms with Crippen LogP contribution in [-0.4, -0.2) is 55.7 Å². The van der Waals surface area contributed by atoms with Gasteiger partial charge in [0.05, 0.1) is 24.2 Å². The predicted octanol–water partition coefficient (Wildman–Crippen LogP) is 0.905. The number of hydrogen-bond donors (Lipinski definition) is 1. The van der Waals surface area contributed by atoms with Crippen LogP contribution in [0.1, 0.15) is 22.3 Å². The largest absolute Gasteiger partial charge is 0.366 e. The molecule has 3 heterocycles. The summed E-state index contributed by atoms with van der Waals surface area (Å²) in [4.78, 5) is 17.8. The first kappa shape index (κ1) is 13.9. The van der Waals surface area contributed by atoms with Gasteiger partial charge in [-0.15, -0.1) is 5.10 Å². The zero-order valence-electron chi connectivity index (χ0n) is 12.6. The minimum absolute atomic E-state index is 0.0125. The van der Waals surface area contributed by atoms with Crippen LogP contribution in [0, 0.1) is 0 Å². The van der Waals surface area contributed by atoms with Gasteiger partial charge in [0.15, 0.2) is 5.82 Å². The number of carbonyl (C=O) groups excluding carboxylic acids is 1. The van der Waals surface area contributed by atoms with Gasteiger partial charge in [0, 0.05) is 25.2 Å². The molecule has 0 aliphatic carbocycles. The maximum Gasteiger partial charge on any atom is 0.256 e. The van der Waals surface area contributed by atoms with Crippen molar-refractivity contribution in [1.82, 2.24) is 30.1 Å². The highest BCUT2D eigenvalue weighted by Gasteiger charge is 2.29. The molecular formula is C15H16N6O2. The topological polar surface area (TPSA) is 88.9 Å². The van der Waals surface area contributed by atoms with E-state index in [0.29, 0.717) is 31.1 Å². The summed E-state index contributed by atoms with van der Waals surface area (Å²) in [6, 6.07) is 7.68. The number of amides is 1. The summed E-state index contributed by atoms with van der Waals surface area (Å²) >= 11 is 0. The third-order valence-electron chi connectivity index (χ3n) is 4.11. The highest BCUT2D eigenvalue weighted by atomic mass is 16.5. The number of morpholine rings is 1. The Bertz CT molecular complexity index is 854. The maximum absolute atomic E-state index is 12.9. The third-order valence-corrected chi connectivity index (χ3v) is 4.11. The Morgan fingerprint density at radius 2 is 2.30 bits per heavy atom. The van der Waals surface area contributed by atoms with Crippen molar-refractivity contribution in [2.45, 2.75) is 6.10 Å². The number of nitrogens with zero attached hydrogens (tertiary/aromatic N) is 5. The Morgan fingerprint density at radius 3 is 3.13 bits per heavy atom. The molecule has 0 spiro atoms. The van der Waals surface area contributed by atoms with Crippen molar-refractivity contribution in [2.75, 3.05) is 19.7 Å². The molecule has 1 fully saturated rings. The number of aromatic nitrogens is 5. The molecule has 1 unspecified atom stereocenters. The number of hydrogen-bond acceptors (Lipinski definition) is 5. The van der Waals surface area contributed by atoms with Crippen molar-refractivity contribution in [2.24, 2.45) is 7.05 Å². The number of H-pyrrole nitrogens is 1. The Balaban J connectivity index is 1.61. The average molecular weight is 312 g/mol. The van der Waals surface area contributed by atoms with E-state index in [4.69, 9.17) is 4.74 Å². The van der Waals surface area contributed by atoms with Gasteiger partial charge in [-0.3, -0.25) is 4.79 Å². The predicted molar refractivity (Wildman–Crippen MR) is 81.7 cm³/mol. The van der Waals surface area contributed by atoms with Gasteiger partial charge in [-0.25, -0.2) is 4.68 Å². The average Bonchev–Trinajstić information content (AvgIpc) is 3.22. The number of nitrogens with one attached hydrogen (secondary N) is 1. The van der Waals surface area contributed by atoms with Gasteiger partial charge in [0.1, 0.15) is 6.10 Å². The zero-order valence-corrected chi connectivity index (χ0v) is 12.6. The van der Waals surface area contributed by atoms with Gasteiger partial charge in [0.25, 0.3) is 5.91 Å². The monoisotopic (exact) mass is 312 g/mol. The third kappa shape index (κ3) is 2.36. The van der Waals surface area contributed by atoms with Gasteiger partial charge < -0.3 is 14.6 Å². The minimum atomic E-state index is -0.310. The molecule has 1 saturated heterocycles. The van der Waals surface area contributed by atoms with Gasteiger partial charge in [-0.2, -0.15) is 0 Å². The van der Waals surface area contributed by atoms with Crippen LogP contribution in [0.3, 0.4) is 0 Å². The van der Waals surface area contributed by atoms with Crippen LogP contribution < -0.4 is 0 Å². The summed E-state index contributed by atoms with van der Waals surface area (Å²) in [6.07, 6.45) is 1.53. The standard InChI is InChI=1S/C15H16N6O2/c1-20-14(17-18-19-20)12-9-21(7-8-23-12)15(22)11-4-2-3-10-5-6-16-13(10)11/h2-6,12,16H,7-9H2,1H3. The molecule has 8 heteroatoms. The summed E-state index contributed by atoms with van der Waals surface area (Å²) in [5, 5.41) is 12.5. The van der Waals surface area contributed by atoms with Gasteiger partial charge >= 0.3 is 0 Å². The minimum Gasteiger partial charge on any atom is -0.366 e. The van der Waals surface area contributed by atoms with Crippen molar-refractivity contribution in [3.8, 4) is 0 Å². The van der Waals surface area contributed by atoms with E-state index in [1.54, 1.807) is 16.6 Å². The fraction of sp³-hybridized carbons (Fsp3) is 0.333. The van der Waals surface area contributed by atoms with E-state index in [0.717, 1.165) is 10.9 Å². The number of carbonyl (C=O) groups is 1.